The summed E-state index contributed by atoms with van der Waals surface area (Å²) in [5, 5.41) is 8.91. The maximum atomic E-state index is 5.78. The van der Waals surface area contributed by atoms with Gasteiger partial charge in [-0.1, -0.05) is 15.9 Å². The van der Waals surface area contributed by atoms with Gasteiger partial charge in [-0.2, -0.15) is 5.10 Å². The normalized spacial score (nSPS) is 18.3. The first-order chi connectivity index (χ1) is 11.1. The average Bonchev–Trinajstić information content (AvgIpc) is 3.19. The molecule has 2 N–H and O–H groups in total. The minimum absolute atomic E-state index is 0.244. The maximum Gasteiger partial charge on any atom is 0.187 e. The molecule has 1 fully saturated rings. The molecule has 122 valence electrons. The van der Waals surface area contributed by atoms with Gasteiger partial charge in [-0.05, 0) is 56.2 Å². The molecule has 23 heavy (non-hydrogen) atoms. The van der Waals surface area contributed by atoms with Gasteiger partial charge in [0.2, 0.25) is 0 Å². The molecule has 5 nitrogen and oxygen atoms in total. The third kappa shape index (κ3) is 4.31. The lowest BCUT2D eigenvalue weighted by Gasteiger charge is -2.12. The van der Waals surface area contributed by atoms with Crippen LogP contribution in [0, 0.1) is 0 Å². The molecular formula is C16H18BrN3O2S. The first-order valence-electron chi connectivity index (χ1n) is 7.51. The predicted octanol–water partition coefficient (Wildman–Crippen LogP) is 3.56. The van der Waals surface area contributed by atoms with E-state index in [9.17, 15) is 0 Å². The maximum absolute atomic E-state index is 5.78. The van der Waals surface area contributed by atoms with Crippen molar-refractivity contribution < 1.29 is 9.15 Å². The molecule has 1 aliphatic heterocycles. The zero-order valence-corrected chi connectivity index (χ0v) is 15.2. The first kappa shape index (κ1) is 16.4. The van der Waals surface area contributed by atoms with Crippen LogP contribution >= 0.6 is 28.1 Å². The van der Waals surface area contributed by atoms with Gasteiger partial charge in [-0.25, -0.2) is 0 Å². The fraction of sp³-hybridized carbons (Fsp3) is 0.375. The number of hydrogen-bond donors (Lipinski definition) is 2. The second-order valence-corrected chi connectivity index (χ2v) is 6.77. The predicted molar refractivity (Wildman–Crippen MR) is 98.8 cm³/mol. The molecule has 0 bridgehead atoms. The van der Waals surface area contributed by atoms with Crippen molar-refractivity contribution in [1.82, 2.24) is 10.7 Å². The number of fused-ring (bicyclic) bond motifs is 1. The molecule has 0 aliphatic carbocycles. The van der Waals surface area contributed by atoms with Gasteiger partial charge >= 0.3 is 0 Å². The molecule has 1 atom stereocenters. The van der Waals surface area contributed by atoms with E-state index in [0.29, 0.717) is 17.4 Å². The zero-order chi connectivity index (χ0) is 16.2. The van der Waals surface area contributed by atoms with E-state index in [1.54, 1.807) is 0 Å². The molecule has 1 saturated heterocycles. The molecule has 0 spiro atoms. The zero-order valence-electron chi connectivity index (χ0n) is 12.8. The average molecular weight is 396 g/mol. The Morgan fingerprint density at radius 1 is 1.43 bits per heavy atom. The van der Waals surface area contributed by atoms with Gasteiger partial charge in [-0.3, -0.25) is 5.43 Å². The summed E-state index contributed by atoms with van der Waals surface area (Å²) in [7, 11) is 0. The van der Waals surface area contributed by atoms with Crippen molar-refractivity contribution in [2.24, 2.45) is 5.10 Å². The quantitative estimate of drug-likeness (QED) is 0.470. The van der Waals surface area contributed by atoms with E-state index in [1.807, 2.05) is 31.2 Å². The highest BCUT2D eigenvalue weighted by molar-refractivity contribution is 9.10. The molecule has 1 aromatic heterocycles. The lowest BCUT2D eigenvalue weighted by atomic mass is 10.2. The van der Waals surface area contributed by atoms with E-state index in [4.69, 9.17) is 21.4 Å². The van der Waals surface area contributed by atoms with Crippen LogP contribution in [0.25, 0.3) is 11.0 Å². The van der Waals surface area contributed by atoms with Crippen LogP contribution in [0.1, 0.15) is 25.5 Å². The fourth-order valence-electron chi connectivity index (χ4n) is 2.43. The molecular weight excluding hydrogens is 378 g/mol. The molecule has 0 saturated carbocycles. The van der Waals surface area contributed by atoms with Crippen molar-refractivity contribution in [1.29, 1.82) is 0 Å². The third-order valence-corrected chi connectivity index (χ3v) is 4.40. The fourth-order valence-corrected chi connectivity index (χ4v) is 2.94. The Bertz CT molecular complexity index is 738. The summed E-state index contributed by atoms with van der Waals surface area (Å²) in [6.45, 7) is 3.42. The van der Waals surface area contributed by atoms with Crippen LogP contribution in [-0.4, -0.2) is 30.1 Å². The number of ether oxygens (including phenoxy) is 1. The van der Waals surface area contributed by atoms with Crippen LogP contribution in [-0.2, 0) is 4.74 Å². The molecule has 0 unspecified atom stereocenters. The van der Waals surface area contributed by atoms with Crippen LogP contribution < -0.4 is 10.7 Å². The van der Waals surface area contributed by atoms with E-state index in [-0.39, 0.29) is 6.10 Å². The first-order valence-corrected chi connectivity index (χ1v) is 8.71. The minimum atomic E-state index is 0.244. The second kappa shape index (κ2) is 7.42. The van der Waals surface area contributed by atoms with Crippen molar-refractivity contribution >= 4 is 49.9 Å². The summed E-state index contributed by atoms with van der Waals surface area (Å²) in [6.07, 6.45) is 2.44. The van der Waals surface area contributed by atoms with Crippen molar-refractivity contribution in [2.45, 2.75) is 25.9 Å². The van der Waals surface area contributed by atoms with Crippen LogP contribution in [0.2, 0.25) is 0 Å². The van der Waals surface area contributed by atoms with Crippen molar-refractivity contribution in [3.63, 3.8) is 0 Å². The number of hydrogen-bond acceptors (Lipinski definition) is 4. The summed E-state index contributed by atoms with van der Waals surface area (Å²) in [5.74, 6) is 0.715. The van der Waals surface area contributed by atoms with Crippen molar-refractivity contribution in [3.05, 3.63) is 34.5 Å². The molecule has 0 amide bonds. The summed E-state index contributed by atoms with van der Waals surface area (Å²) < 4.78 is 12.3. The van der Waals surface area contributed by atoms with E-state index < -0.39 is 0 Å². The van der Waals surface area contributed by atoms with Crippen molar-refractivity contribution in [2.75, 3.05) is 13.2 Å². The SMILES string of the molecule is C/C(=N/NC(=S)NC[C@H]1CCCO1)c1cc2cc(Br)ccc2o1. The van der Waals surface area contributed by atoms with E-state index in [1.165, 1.54) is 0 Å². The van der Waals surface area contributed by atoms with Crippen LogP contribution in [0.3, 0.4) is 0 Å². The topological polar surface area (TPSA) is 58.8 Å². The summed E-state index contributed by atoms with van der Waals surface area (Å²) in [4.78, 5) is 0. The number of furan rings is 1. The third-order valence-electron chi connectivity index (χ3n) is 3.67. The Balaban J connectivity index is 1.58. The van der Waals surface area contributed by atoms with Gasteiger partial charge < -0.3 is 14.5 Å². The van der Waals surface area contributed by atoms with Crippen LogP contribution in [0.15, 0.2) is 38.3 Å². The van der Waals surface area contributed by atoms with Gasteiger partial charge in [0, 0.05) is 23.0 Å². The van der Waals surface area contributed by atoms with E-state index in [0.717, 1.165) is 40.6 Å². The molecule has 0 radical (unpaired) electrons. The largest absolute Gasteiger partial charge is 0.455 e. The summed E-state index contributed by atoms with van der Waals surface area (Å²) in [5.41, 5.74) is 4.41. The molecule has 7 heteroatoms. The number of rotatable bonds is 4. The minimum Gasteiger partial charge on any atom is -0.455 e. The summed E-state index contributed by atoms with van der Waals surface area (Å²) >= 11 is 8.67. The van der Waals surface area contributed by atoms with Gasteiger partial charge in [0.25, 0.3) is 0 Å². The number of hydrazone groups is 1. The molecule has 1 aromatic carbocycles. The number of benzene rings is 1. The van der Waals surface area contributed by atoms with Gasteiger partial charge in [0.1, 0.15) is 11.3 Å². The van der Waals surface area contributed by atoms with Crippen LogP contribution in [0.5, 0.6) is 0 Å². The number of nitrogens with one attached hydrogen (secondary N) is 2. The van der Waals surface area contributed by atoms with E-state index in [2.05, 4.69) is 31.8 Å². The Kier molecular flexibility index (Phi) is 5.30. The number of halogens is 1. The Morgan fingerprint density at radius 3 is 3.09 bits per heavy atom. The second-order valence-electron chi connectivity index (χ2n) is 5.45. The lowest BCUT2D eigenvalue weighted by Crippen LogP contribution is -2.37. The highest BCUT2D eigenvalue weighted by Gasteiger charge is 2.15. The Hall–Kier alpha value is -1.44. The van der Waals surface area contributed by atoms with E-state index >= 15 is 0 Å². The molecule has 2 heterocycles. The van der Waals surface area contributed by atoms with Crippen LogP contribution in [0.4, 0.5) is 0 Å². The van der Waals surface area contributed by atoms with Gasteiger partial charge in [0.05, 0.1) is 6.10 Å². The van der Waals surface area contributed by atoms with Gasteiger partial charge in [-0.15, -0.1) is 0 Å². The highest BCUT2D eigenvalue weighted by Crippen LogP contribution is 2.23. The smallest absolute Gasteiger partial charge is 0.187 e. The molecule has 2 aromatic rings. The molecule has 1 aliphatic rings. The standard InChI is InChI=1S/C16H18BrN3O2S/c1-10(15-8-11-7-12(17)4-5-14(11)22-15)19-20-16(23)18-9-13-3-2-6-21-13/h4-5,7-8,13H,2-3,6,9H2,1H3,(H2,18,20,23)/b19-10-/t13-/m1/s1. The Morgan fingerprint density at radius 2 is 2.30 bits per heavy atom. The number of nitrogens with zero attached hydrogens (tertiary/aromatic N) is 1. The Labute approximate surface area is 148 Å². The number of thiocarbonyl (C=S) groups is 1. The van der Waals surface area contributed by atoms with Crippen molar-refractivity contribution in [3.8, 4) is 0 Å². The summed E-state index contributed by atoms with van der Waals surface area (Å²) in [6, 6.07) is 7.85. The monoisotopic (exact) mass is 395 g/mol. The highest BCUT2D eigenvalue weighted by atomic mass is 79.9. The molecule has 3 rings (SSSR count). The lowest BCUT2D eigenvalue weighted by molar-refractivity contribution is 0.114. The van der Waals surface area contributed by atoms with Gasteiger partial charge in [0.15, 0.2) is 10.9 Å².